The molecule has 1 aromatic rings. The zero-order valence-corrected chi connectivity index (χ0v) is 13.4. The monoisotopic (exact) mass is 380 g/mol. The van der Waals surface area contributed by atoms with Crippen LogP contribution in [0.2, 0.25) is 0 Å². The molecule has 0 saturated heterocycles. The number of carbonyl (C=O) groups is 1. The van der Waals surface area contributed by atoms with Crippen LogP contribution >= 0.6 is 22.6 Å². The Balaban J connectivity index is 2.11. The van der Waals surface area contributed by atoms with Crippen molar-refractivity contribution < 1.29 is 4.79 Å². The van der Waals surface area contributed by atoms with Gasteiger partial charge in [0, 0.05) is 18.2 Å². The fraction of sp³-hybridized carbons (Fsp3) is 0.375. The van der Waals surface area contributed by atoms with Crippen molar-refractivity contribution in [2.24, 2.45) is 0 Å². The predicted molar refractivity (Wildman–Crippen MR) is 87.2 cm³/mol. The van der Waals surface area contributed by atoms with Gasteiger partial charge in [-0.3, -0.25) is 4.79 Å². The molecule has 0 saturated carbocycles. The highest BCUT2D eigenvalue weighted by Gasteiger charge is 2.24. The lowest BCUT2D eigenvalue weighted by Crippen LogP contribution is -2.41. The maximum absolute atomic E-state index is 12.2. The zero-order chi connectivity index (χ0) is 14.4. The topological polar surface area (TPSA) is 44.1 Å². The van der Waals surface area contributed by atoms with E-state index >= 15 is 0 Å². The van der Waals surface area contributed by atoms with Crippen LogP contribution in [0.15, 0.2) is 42.0 Å². The maximum atomic E-state index is 12.2. The second-order valence-corrected chi connectivity index (χ2v) is 5.67. The van der Waals surface area contributed by atoms with E-state index in [1.54, 1.807) is 0 Å². The molecular weight excluding hydrogens is 363 g/mol. The van der Waals surface area contributed by atoms with Crippen molar-refractivity contribution in [2.45, 2.75) is 31.8 Å². The fourth-order valence-corrected chi connectivity index (χ4v) is 2.92. The number of allylic oxidation sites excluding steroid dienone is 1. The van der Waals surface area contributed by atoms with Crippen LogP contribution in [0.4, 0.5) is 0 Å². The number of halogens is 1. The van der Waals surface area contributed by atoms with Gasteiger partial charge in [-0.15, -0.1) is 0 Å². The third-order valence-electron chi connectivity index (χ3n) is 3.60. The van der Waals surface area contributed by atoms with Gasteiger partial charge < -0.3 is 4.90 Å². The molecule has 0 aromatic heterocycles. The lowest BCUT2D eigenvalue weighted by molar-refractivity contribution is -0.131. The van der Waals surface area contributed by atoms with Crippen molar-refractivity contribution in [2.75, 3.05) is 4.43 Å². The molecule has 0 aliphatic heterocycles. The van der Waals surface area contributed by atoms with Crippen molar-refractivity contribution >= 4 is 28.5 Å². The molecule has 1 unspecified atom stereocenters. The second-order valence-electron chi connectivity index (χ2n) is 4.91. The molecule has 1 aromatic carbocycles. The number of nitriles is 1. The molecule has 3 nitrogen and oxygen atoms in total. The summed E-state index contributed by atoms with van der Waals surface area (Å²) in [7, 11) is 0. The van der Waals surface area contributed by atoms with Crippen LogP contribution in [0, 0.1) is 11.3 Å². The summed E-state index contributed by atoms with van der Waals surface area (Å²) in [6.45, 7) is 0.656. The Hall–Kier alpha value is -1.35. The normalized spacial score (nSPS) is 18.0. The number of alkyl halides is 1. The Morgan fingerprint density at radius 3 is 2.70 bits per heavy atom. The van der Waals surface area contributed by atoms with E-state index in [1.165, 1.54) is 0 Å². The molecule has 104 valence electrons. The zero-order valence-electron chi connectivity index (χ0n) is 11.3. The molecule has 0 radical (unpaired) electrons. The maximum Gasteiger partial charge on any atom is 0.232 e. The van der Waals surface area contributed by atoms with Gasteiger partial charge >= 0.3 is 0 Å². The smallest absolute Gasteiger partial charge is 0.232 e. The van der Waals surface area contributed by atoms with Crippen molar-refractivity contribution in [1.29, 1.82) is 5.26 Å². The molecule has 0 bridgehead atoms. The van der Waals surface area contributed by atoms with Crippen LogP contribution in [0.1, 0.15) is 24.8 Å². The molecule has 20 heavy (non-hydrogen) atoms. The molecule has 2 rings (SSSR count). The Bertz CT molecular complexity index is 533. The minimum atomic E-state index is 0.174. The first-order chi connectivity index (χ1) is 9.74. The first-order valence-electron chi connectivity index (χ1n) is 6.73. The number of hydrogen-bond acceptors (Lipinski definition) is 2. The van der Waals surface area contributed by atoms with Gasteiger partial charge in [0.2, 0.25) is 5.91 Å². The van der Waals surface area contributed by atoms with Gasteiger partial charge in [-0.2, -0.15) is 5.26 Å². The highest BCUT2D eigenvalue weighted by Crippen LogP contribution is 2.24. The number of benzene rings is 1. The van der Waals surface area contributed by atoms with Crippen molar-refractivity contribution in [1.82, 2.24) is 4.90 Å². The standard InChI is InChI=1S/C16H17IN2O/c17-10-16(20)19(12-14-4-2-1-3-5-14)15-8-6-13(11-18)7-9-15/h1-6,15H,7-10,12H2. The highest BCUT2D eigenvalue weighted by atomic mass is 127. The van der Waals surface area contributed by atoms with Crippen LogP contribution in [0.25, 0.3) is 0 Å². The second kappa shape index (κ2) is 7.44. The molecule has 1 aliphatic rings. The van der Waals surface area contributed by atoms with E-state index in [9.17, 15) is 4.79 Å². The summed E-state index contributed by atoms with van der Waals surface area (Å²) in [5, 5.41) is 8.91. The minimum absolute atomic E-state index is 0.174. The van der Waals surface area contributed by atoms with Crippen molar-refractivity contribution in [3.8, 4) is 6.07 Å². The highest BCUT2D eigenvalue weighted by molar-refractivity contribution is 14.1. The van der Waals surface area contributed by atoms with Crippen LogP contribution in [-0.4, -0.2) is 21.3 Å². The molecule has 4 heteroatoms. The van der Waals surface area contributed by atoms with E-state index in [0.717, 1.165) is 30.4 Å². The summed E-state index contributed by atoms with van der Waals surface area (Å²) < 4.78 is 0.496. The molecule has 0 heterocycles. The van der Waals surface area contributed by atoms with Gasteiger partial charge in [-0.25, -0.2) is 0 Å². The number of rotatable bonds is 4. The SMILES string of the molecule is N#CC1=CCC(N(Cc2ccccc2)C(=O)CI)CC1. The first-order valence-corrected chi connectivity index (χ1v) is 8.25. The Morgan fingerprint density at radius 1 is 1.40 bits per heavy atom. The van der Waals surface area contributed by atoms with Gasteiger partial charge in [0.1, 0.15) is 0 Å². The first kappa shape index (κ1) is 15.0. The number of carbonyl (C=O) groups excluding carboxylic acids is 1. The number of amides is 1. The summed E-state index contributed by atoms with van der Waals surface area (Å²) in [6.07, 6.45) is 4.43. The van der Waals surface area contributed by atoms with Gasteiger partial charge in [0.15, 0.2) is 0 Å². The molecule has 0 fully saturated rings. The van der Waals surface area contributed by atoms with Gasteiger partial charge in [0.05, 0.1) is 10.5 Å². The summed E-state index contributed by atoms with van der Waals surface area (Å²) in [5.41, 5.74) is 2.00. The number of hydrogen-bond donors (Lipinski definition) is 0. The van der Waals surface area contributed by atoms with E-state index < -0.39 is 0 Å². The molecule has 1 amide bonds. The van der Waals surface area contributed by atoms with Crippen LogP contribution in [0.5, 0.6) is 0 Å². The fourth-order valence-electron chi connectivity index (χ4n) is 2.48. The van der Waals surface area contributed by atoms with Crippen LogP contribution in [0.3, 0.4) is 0 Å². The molecule has 0 spiro atoms. The van der Waals surface area contributed by atoms with E-state index in [4.69, 9.17) is 5.26 Å². The van der Waals surface area contributed by atoms with Gasteiger partial charge in [0.25, 0.3) is 0 Å². The molecule has 0 N–H and O–H groups in total. The van der Waals surface area contributed by atoms with Crippen molar-refractivity contribution in [3.05, 3.63) is 47.5 Å². The summed E-state index contributed by atoms with van der Waals surface area (Å²) in [6, 6.07) is 12.5. The van der Waals surface area contributed by atoms with E-state index in [0.29, 0.717) is 11.0 Å². The molecular formula is C16H17IN2O. The lowest BCUT2D eigenvalue weighted by atomic mass is 9.94. The van der Waals surface area contributed by atoms with Crippen LogP contribution < -0.4 is 0 Å². The Morgan fingerprint density at radius 2 is 2.15 bits per heavy atom. The summed E-state index contributed by atoms with van der Waals surface area (Å²) in [5.74, 6) is 0.174. The lowest BCUT2D eigenvalue weighted by Gasteiger charge is -2.33. The quantitative estimate of drug-likeness (QED) is 0.593. The van der Waals surface area contributed by atoms with E-state index in [-0.39, 0.29) is 11.9 Å². The molecule has 1 aliphatic carbocycles. The Labute approximate surface area is 133 Å². The Kier molecular flexibility index (Phi) is 5.60. The average Bonchev–Trinajstić information content (AvgIpc) is 2.53. The summed E-state index contributed by atoms with van der Waals surface area (Å²) in [4.78, 5) is 14.2. The molecule has 1 atom stereocenters. The third-order valence-corrected chi connectivity index (χ3v) is 4.25. The minimum Gasteiger partial charge on any atom is -0.334 e. The van der Waals surface area contributed by atoms with E-state index in [2.05, 4.69) is 28.7 Å². The van der Waals surface area contributed by atoms with Gasteiger partial charge in [-0.1, -0.05) is 59.0 Å². The average molecular weight is 380 g/mol. The largest absolute Gasteiger partial charge is 0.334 e. The third kappa shape index (κ3) is 3.83. The van der Waals surface area contributed by atoms with Crippen molar-refractivity contribution in [3.63, 3.8) is 0 Å². The van der Waals surface area contributed by atoms with Crippen LogP contribution in [-0.2, 0) is 11.3 Å². The summed E-state index contributed by atoms with van der Waals surface area (Å²) >= 11 is 2.12. The van der Waals surface area contributed by atoms with E-state index in [1.807, 2.05) is 41.3 Å². The predicted octanol–water partition coefficient (Wildman–Crippen LogP) is 3.45. The van der Waals surface area contributed by atoms with Gasteiger partial charge in [-0.05, 0) is 24.8 Å². The number of nitrogens with zero attached hydrogens (tertiary/aromatic N) is 2.